The third kappa shape index (κ3) is 3.48. The zero-order chi connectivity index (χ0) is 13.9. The van der Waals surface area contributed by atoms with Crippen LogP contribution in [-0.4, -0.2) is 22.4 Å². The highest BCUT2D eigenvalue weighted by Gasteiger charge is 2.33. The van der Waals surface area contributed by atoms with Gasteiger partial charge in [0.05, 0.1) is 6.42 Å². The third-order valence-electron chi connectivity index (χ3n) is 2.03. The second-order valence-corrected chi connectivity index (χ2v) is 3.30. The van der Waals surface area contributed by atoms with Crippen LogP contribution in [0, 0.1) is 0 Å². The van der Waals surface area contributed by atoms with Crippen LogP contribution in [0.5, 0.6) is 5.88 Å². The number of hydrogen-bond donors (Lipinski definition) is 3. The Bertz CT molecular complexity index is 462. The van der Waals surface area contributed by atoms with E-state index in [0.29, 0.717) is 0 Å². The molecule has 6 nitrogen and oxygen atoms in total. The molecule has 18 heavy (non-hydrogen) atoms. The maximum absolute atomic E-state index is 12.1. The van der Waals surface area contributed by atoms with Gasteiger partial charge in [-0.2, -0.15) is 0 Å². The van der Waals surface area contributed by atoms with E-state index >= 15 is 0 Å². The van der Waals surface area contributed by atoms with E-state index in [9.17, 15) is 18.0 Å². The largest absolute Gasteiger partial charge is 0.574 e. The fourth-order valence-electron chi connectivity index (χ4n) is 1.28. The molecule has 0 aliphatic carbocycles. The average molecular weight is 265 g/mol. The van der Waals surface area contributed by atoms with Crippen LogP contribution in [0.2, 0.25) is 0 Å². The van der Waals surface area contributed by atoms with Gasteiger partial charge in [-0.05, 0) is 0 Å². The van der Waals surface area contributed by atoms with E-state index in [2.05, 4.69) is 9.72 Å². The molecule has 1 rings (SSSR count). The van der Waals surface area contributed by atoms with Crippen molar-refractivity contribution in [3.8, 4) is 5.88 Å². The number of anilines is 1. The Labute approximate surface area is 99.4 Å². The minimum absolute atomic E-state index is 0.0717. The average Bonchev–Trinajstić information content (AvgIpc) is 2.21. The number of nitrogen functional groups attached to an aromatic ring is 1. The molecule has 9 heteroatoms. The number of carboxylic acids is 1. The number of carboxylic acid groups (broad SMARTS) is 1. The zero-order valence-electron chi connectivity index (χ0n) is 8.99. The first-order valence-corrected chi connectivity index (χ1v) is 4.68. The molecule has 0 spiro atoms. The molecular weight excluding hydrogens is 255 g/mol. The molecule has 0 radical (unpaired) electrons. The van der Waals surface area contributed by atoms with Gasteiger partial charge in [0, 0.05) is 29.6 Å². The lowest BCUT2D eigenvalue weighted by molar-refractivity contribution is -0.276. The summed E-state index contributed by atoms with van der Waals surface area (Å²) >= 11 is 0. The molecule has 100 valence electrons. The zero-order valence-corrected chi connectivity index (χ0v) is 8.99. The van der Waals surface area contributed by atoms with Gasteiger partial charge in [-0.15, -0.1) is 13.2 Å². The summed E-state index contributed by atoms with van der Waals surface area (Å²) in [6.07, 6.45) is -4.70. The SMILES string of the molecule is NCc1cnc(OC(F)(F)F)c(CC(=O)O)c1N. The molecule has 0 aliphatic rings. The van der Waals surface area contributed by atoms with Crippen LogP contribution >= 0.6 is 0 Å². The van der Waals surface area contributed by atoms with Crippen molar-refractivity contribution in [2.45, 2.75) is 19.3 Å². The van der Waals surface area contributed by atoms with E-state index in [1.54, 1.807) is 0 Å². The summed E-state index contributed by atoms with van der Waals surface area (Å²) in [6, 6.07) is 0. The van der Waals surface area contributed by atoms with Gasteiger partial charge in [-0.25, -0.2) is 4.98 Å². The van der Waals surface area contributed by atoms with Crippen LogP contribution in [0.4, 0.5) is 18.9 Å². The molecule has 0 unspecified atom stereocenters. The molecular formula is C9H10F3N3O3. The Morgan fingerprint density at radius 3 is 2.56 bits per heavy atom. The number of nitrogens with two attached hydrogens (primary N) is 2. The van der Waals surface area contributed by atoms with Gasteiger partial charge in [-0.3, -0.25) is 4.79 Å². The van der Waals surface area contributed by atoms with Crippen LogP contribution in [0.3, 0.4) is 0 Å². The molecule has 0 fully saturated rings. The van der Waals surface area contributed by atoms with E-state index < -0.39 is 24.6 Å². The predicted molar refractivity (Wildman–Crippen MR) is 54.6 cm³/mol. The summed E-state index contributed by atoms with van der Waals surface area (Å²) in [5.41, 5.74) is 10.6. The molecule has 0 aromatic carbocycles. The summed E-state index contributed by atoms with van der Waals surface area (Å²) in [5.74, 6) is -2.23. The van der Waals surface area contributed by atoms with Crippen molar-refractivity contribution < 1.29 is 27.8 Å². The maximum atomic E-state index is 12.1. The van der Waals surface area contributed by atoms with Crippen molar-refractivity contribution in [2.75, 3.05) is 5.73 Å². The van der Waals surface area contributed by atoms with E-state index in [1.165, 1.54) is 0 Å². The van der Waals surface area contributed by atoms with E-state index in [0.717, 1.165) is 6.20 Å². The molecule has 1 heterocycles. The van der Waals surface area contributed by atoms with Gasteiger partial charge in [-0.1, -0.05) is 0 Å². The number of ether oxygens (including phenoxy) is 1. The van der Waals surface area contributed by atoms with E-state index in [4.69, 9.17) is 16.6 Å². The number of aromatic nitrogens is 1. The molecule has 0 aliphatic heterocycles. The first-order chi connectivity index (χ1) is 8.24. The van der Waals surface area contributed by atoms with Gasteiger partial charge >= 0.3 is 12.3 Å². The Kier molecular flexibility index (Phi) is 3.96. The summed E-state index contributed by atoms with van der Waals surface area (Å²) in [4.78, 5) is 14.0. The lowest BCUT2D eigenvalue weighted by atomic mass is 10.1. The fraction of sp³-hybridized carbons (Fsp3) is 0.333. The van der Waals surface area contributed by atoms with Crippen LogP contribution in [0.25, 0.3) is 0 Å². The molecule has 5 N–H and O–H groups in total. The molecule has 0 saturated heterocycles. The Morgan fingerprint density at radius 2 is 2.11 bits per heavy atom. The number of hydrogen-bond acceptors (Lipinski definition) is 5. The summed E-state index contributed by atoms with van der Waals surface area (Å²) in [6.45, 7) is -0.0717. The molecule has 0 amide bonds. The summed E-state index contributed by atoms with van der Waals surface area (Å²) < 4.78 is 39.9. The lowest BCUT2D eigenvalue weighted by Gasteiger charge is -2.14. The number of nitrogens with zero attached hydrogens (tertiary/aromatic N) is 1. The molecule has 0 atom stereocenters. The maximum Gasteiger partial charge on any atom is 0.574 e. The topological polar surface area (TPSA) is 111 Å². The highest BCUT2D eigenvalue weighted by molar-refractivity contribution is 5.75. The highest BCUT2D eigenvalue weighted by Crippen LogP contribution is 2.30. The lowest BCUT2D eigenvalue weighted by Crippen LogP contribution is -2.21. The molecule has 1 aromatic rings. The van der Waals surface area contributed by atoms with Crippen LogP contribution in [0.15, 0.2) is 6.20 Å². The Balaban J connectivity index is 3.24. The van der Waals surface area contributed by atoms with Crippen molar-refractivity contribution >= 4 is 11.7 Å². The predicted octanol–water partition coefficient (Wildman–Crippen LogP) is 0.648. The number of halogens is 3. The van der Waals surface area contributed by atoms with Crippen LogP contribution in [-0.2, 0) is 17.8 Å². The number of aliphatic carboxylic acids is 1. The van der Waals surface area contributed by atoms with Crippen molar-refractivity contribution in [1.29, 1.82) is 0 Å². The number of carbonyl (C=O) groups is 1. The fourth-order valence-corrected chi connectivity index (χ4v) is 1.28. The van der Waals surface area contributed by atoms with Crippen molar-refractivity contribution in [1.82, 2.24) is 4.98 Å². The number of alkyl halides is 3. The van der Waals surface area contributed by atoms with Gasteiger partial charge in [0.1, 0.15) is 0 Å². The van der Waals surface area contributed by atoms with Gasteiger partial charge in [0.25, 0.3) is 0 Å². The Morgan fingerprint density at radius 1 is 1.50 bits per heavy atom. The molecule has 0 saturated carbocycles. The smallest absolute Gasteiger partial charge is 0.481 e. The molecule has 1 aromatic heterocycles. The summed E-state index contributed by atoms with van der Waals surface area (Å²) in [5, 5.41) is 8.63. The first-order valence-electron chi connectivity index (χ1n) is 4.68. The van der Waals surface area contributed by atoms with Gasteiger partial charge in [0.15, 0.2) is 0 Å². The molecule has 0 bridgehead atoms. The summed E-state index contributed by atoms with van der Waals surface area (Å²) in [7, 11) is 0. The number of pyridine rings is 1. The third-order valence-corrected chi connectivity index (χ3v) is 2.03. The monoisotopic (exact) mass is 265 g/mol. The van der Waals surface area contributed by atoms with Crippen LogP contribution < -0.4 is 16.2 Å². The van der Waals surface area contributed by atoms with Gasteiger partial charge < -0.3 is 21.3 Å². The van der Waals surface area contributed by atoms with Crippen molar-refractivity contribution in [3.05, 3.63) is 17.3 Å². The van der Waals surface area contributed by atoms with Crippen molar-refractivity contribution in [2.24, 2.45) is 5.73 Å². The quantitative estimate of drug-likeness (QED) is 0.736. The minimum atomic E-state index is -4.98. The van der Waals surface area contributed by atoms with Gasteiger partial charge in [0.2, 0.25) is 5.88 Å². The van der Waals surface area contributed by atoms with E-state index in [-0.39, 0.29) is 23.4 Å². The van der Waals surface area contributed by atoms with Crippen LogP contribution in [0.1, 0.15) is 11.1 Å². The normalized spacial score (nSPS) is 11.3. The second kappa shape index (κ2) is 5.08. The standard InChI is InChI=1S/C9H10F3N3O3/c10-9(11,12)18-8-5(1-6(16)17)7(14)4(2-13)3-15-8/h3H,1-2,13H2,(H2,14,15)(H,16,17). The highest BCUT2D eigenvalue weighted by atomic mass is 19.4. The van der Waals surface area contributed by atoms with Crippen molar-refractivity contribution in [3.63, 3.8) is 0 Å². The second-order valence-electron chi connectivity index (χ2n) is 3.30. The van der Waals surface area contributed by atoms with E-state index in [1.807, 2.05) is 0 Å². The minimum Gasteiger partial charge on any atom is -0.481 e. The number of rotatable bonds is 4. The Hall–Kier alpha value is -2.03. The first kappa shape index (κ1) is 14.0.